The number of anilines is 2. The number of morpholine rings is 1. The molecule has 3 rings (SSSR count). The molecule has 0 radical (unpaired) electrons. The zero-order chi connectivity index (χ0) is 18.5. The number of rotatable bonds is 6. The zero-order valence-corrected chi connectivity index (χ0v) is 14.3. The van der Waals surface area contributed by atoms with Gasteiger partial charge in [0.25, 0.3) is 5.69 Å². The fourth-order valence-electron chi connectivity index (χ4n) is 2.41. The van der Waals surface area contributed by atoms with E-state index in [1.54, 1.807) is 17.6 Å². The number of nitro groups is 2. The summed E-state index contributed by atoms with van der Waals surface area (Å²) < 4.78 is 5.33. The highest BCUT2D eigenvalue weighted by Crippen LogP contribution is 2.29. The second-order valence-electron chi connectivity index (χ2n) is 5.36. The van der Waals surface area contributed by atoms with Crippen molar-refractivity contribution < 1.29 is 14.6 Å². The molecule has 1 saturated heterocycles. The van der Waals surface area contributed by atoms with Gasteiger partial charge in [-0.25, -0.2) is 0 Å². The van der Waals surface area contributed by atoms with Crippen molar-refractivity contribution in [1.82, 2.24) is 0 Å². The van der Waals surface area contributed by atoms with Gasteiger partial charge in [0.2, 0.25) is 0 Å². The van der Waals surface area contributed by atoms with E-state index in [-0.39, 0.29) is 11.4 Å². The number of hydrogen-bond acceptors (Lipinski definition) is 9. The van der Waals surface area contributed by atoms with Crippen LogP contribution in [0.25, 0.3) is 0 Å². The first-order valence-corrected chi connectivity index (χ1v) is 8.50. The fraction of sp³-hybridized carbons (Fsp3) is 0.267. The topological polar surface area (TPSA) is 123 Å². The van der Waals surface area contributed by atoms with Gasteiger partial charge in [0.1, 0.15) is 5.69 Å². The predicted octanol–water partition coefficient (Wildman–Crippen LogP) is 2.85. The first kappa shape index (κ1) is 17.8. The molecule has 0 spiro atoms. The van der Waals surface area contributed by atoms with Gasteiger partial charge in [-0.3, -0.25) is 25.7 Å². The van der Waals surface area contributed by atoms with Crippen molar-refractivity contribution in [3.63, 3.8) is 0 Å². The molecule has 0 saturated carbocycles. The molecule has 0 atom stereocenters. The highest BCUT2D eigenvalue weighted by molar-refractivity contribution is 7.17. The molecule has 1 aromatic heterocycles. The lowest BCUT2D eigenvalue weighted by molar-refractivity contribution is -0.393. The molecule has 1 aliphatic heterocycles. The Hall–Kier alpha value is -3.05. The van der Waals surface area contributed by atoms with Crippen molar-refractivity contribution in [2.24, 2.45) is 5.10 Å². The lowest BCUT2D eigenvalue weighted by atomic mass is 10.2. The van der Waals surface area contributed by atoms with Crippen molar-refractivity contribution in [3.8, 4) is 0 Å². The number of nitro benzene ring substituents is 2. The quantitative estimate of drug-likeness (QED) is 0.466. The van der Waals surface area contributed by atoms with Crippen molar-refractivity contribution in [1.29, 1.82) is 0 Å². The molecule has 1 fully saturated rings. The molecule has 1 aliphatic rings. The molecule has 26 heavy (non-hydrogen) atoms. The average molecular weight is 377 g/mol. The molecule has 136 valence electrons. The summed E-state index contributed by atoms with van der Waals surface area (Å²) in [5.74, 6) is 0. The number of benzene rings is 1. The molecule has 2 aromatic rings. The fourth-order valence-corrected chi connectivity index (χ4v) is 3.34. The van der Waals surface area contributed by atoms with Crippen LogP contribution >= 0.6 is 11.3 Å². The number of thiophene rings is 1. The van der Waals surface area contributed by atoms with Crippen molar-refractivity contribution in [2.75, 3.05) is 36.6 Å². The number of hydrazone groups is 1. The van der Waals surface area contributed by atoms with Crippen molar-refractivity contribution in [2.45, 2.75) is 0 Å². The molecule has 0 unspecified atom stereocenters. The lowest BCUT2D eigenvalue weighted by Crippen LogP contribution is -2.35. The minimum Gasteiger partial charge on any atom is -0.378 e. The molecule has 10 nitrogen and oxygen atoms in total. The van der Waals surface area contributed by atoms with Crippen LogP contribution in [0.15, 0.2) is 35.4 Å². The van der Waals surface area contributed by atoms with E-state index < -0.39 is 15.5 Å². The van der Waals surface area contributed by atoms with E-state index in [4.69, 9.17) is 4.74 Å². The molecule has 0 amide bonds. The highest BCUT2D eigenvalue weighted by atomic mass is 32.1. The van der Waals surface area contributed by atoms with Gasteiger partial charge in [0.05, 0.1) is 40.3 Å². The summed E-state index contributed by atoms with van der Waals surface area (Å²) in [4.78, 5) is 23.6. The Balaban J connectivity index is 1.69. The van der Waals surface area contributed by atoms with E-state index in [2.05, 4.69) is 15.4 Å². The summed E-state index contributed by atoms with van der Waals surface area (Å²) >= 11 is 1.55. The third-order valence-electron chi connectivity index (χ3n) is 3.70. The van der Waals surface area contributed by atoms with Gasteiger partial charge in [-0.05, 0) is 18.2 Å². The molecule has 0 aliphatic carbocycles. The normalized spacial score (nSPS) is 14.5. The Morgan fingerprint density at radius 3 is 2.62 bits per heavy atom. The second kappa shape index (κ2) is 7.89. The number of hydrogen-bond donors (Lipinski definition) is 1. The predicted molar refractivity (Wildman–Crippen MR) is 98.3 cm³/mol. The number of non-ortho nitro benzene ring substituents is 1. The van der Waals surface area contributed by atoms with Gasteiger partial charge in [0.15, 0.2) is 0 Å². The Kier molecular flexibility index (Phi) is 5.39. The summed E-state index contributed by atoms with van der Waals surface area (Å²) in [6, 6.07) is 7.25. The minimum absolute atomic E-state index is 0.0850. The van der Waals surface area contributed by atoms with Gasteiger partial charge in [-0.1, -0.05) is 0 Å². The van der Waals surface area contributed by atoms with E-state index in [9.17, 15) is 20.2 Å². The third-order valence-corrected chi connectivity index (χ3v) is 4.78. The Bertz CT molecular complexity index is 847. The van der Waals surface area contributed by atoms with Crippen LogP contribution in [0, 0.1) is 20.2 Å². The smallest absolute Gasteiger partial charge is 0.301 e. The third kappa shape index (κ3) is 4.13. The summed E-state index contributed by atoms with van der Waals surface area (Å²) in [5.41, 5.74) is 1.91. The van der Waals surface area contributed by atoms with E-state index >= 15 is 0 Å². The van der Waals surface area contributed by atoms with Gasteiger partial charge in [0, 0.05) is 24.0 Å². The van der Waals surface area contributed by atoms with Crippen molar-refractivity contribution in [3.05, 3.63) is 55.4 Å². The first-order chi connectivity index (χ1) is 12.5. The van der Waals surface area contributed by atoms with Crippen LogP contribution < -0.4 is 10.3 Å². The van der Waals surface area contributed by atoms with E-state index in [0.29, 0.717) is 13.2 Å². The lowest BCUT2D eigenvalue weighted by Gasteiger charge is -2.27. The maximum atomic E-state index is 11.1. The van der Waals surface area contributed by atoms with E-state index in [0.717, 1.165) is 29.0 Å². The highest BCUT2D eigenvalue weighted by Gasteiger charge is 2.19. The number of nitrogens with zero attached hydrogens (tertiary/aromatic N) is 4. The Morgan fingerprint density at radius 2 is 1.92 bits per heavy atom. The maximum absolute atomic E-state index is 11.1. The van der Waals surface area contributed by atoms with E-state index in [1.165, 1.54) is 12.1 Å². The second-order valence-corrected chi connectivity index (χ2v) is 6.45. The van der Waals surface area contributed by atoms with Crippen LogP contribution in [-0.2, 0) is 4.74 Å². The molecule has 2 heterocycles. The maximum Gasteiger partial charge on any atom is 0.301 e. The molecule has 0 bridgehead atoms. The Morgan fingerprint density at radius 1 is 1.15 bits per heavy atom. The summed E-state index contributed by atoms with van der Waals surface area (Å²) in [5, 5.41) is 26.9. The van der Waals surface area contributed by atoms with Crippen LogP contribution in [0.2, 0.25) is 0 Å². The minimum atomic E-state index is -0.688. The SMILES string of the molecule is O=[N+]([O-])c1ccc(N/N=C\c2ccc(N3CCOCC3)s2)c([N+](=O)[O-])c1. The van der Waals surface area contributed by atoms with Gasteiger partial charge in [-0.15, -0.1) is 11.3 Å². The Labute approximate surface area is 152 Å². The first-order valence-electron chi connectivity index (χ1n) is 7.69. The van der Waals surface area contributed by atoms with Gasteiger partial charge < -0.3 is 9.64 Å². The van der Waals surface area contributed by atoms with Crippen molar-refractivity contribution >= 4 is 39.6 Å². The largest absolute Gasteiger partial charge is 0.378 e. The summed E-state index contributed by atoms with van der Waals surface area (Å²) in [6.45, 7) is 3.08. The zero-order valence-electron chi connectivity index (χ0n) is 13.5. The monoisotopic (exact) mass is 377 g/mol. The number of ether oxygens (including phenoxy) is 1. The van der Waals surface area contributed by atoms with Crippen LogP contribution in [0.3, 0.4) is 0 Å². The van der Waals surface area contributed by atoms with Crippen LogP contribution in [-0.4, -0.2) is 42.4 Å². The van der Waals surface area contributed by atoms with Crippen LogP contribution in [0.4, 0.5) is 22.1 Å². The molecular weight excluding hydrogens is 362 g/mol. The molecule has 11 heteroatoms. The number of nitrogens with one attached hydrogen (secondary N) is 1. The average Bonchev–Trinajstić information content (AvgIpc) is 3.11. The van der Waals surface area contributed by atoms with Gasteiger partial charge in [-0.2, -0.15) is 5.10 Å². The molecule has 1 aromatic carbocycles. The standard InChI is InChI=1S/C15H15N5O5S/c21-19(22)11-1-3-13(14(9-11)20(23)24)17-16-10-12-2-4-15(26-12)18-5-7-25-8-6-18/h1-4,9-10,17H,5-8H2/b16-10-. The van der Waals surface area contributed by atoms with Crippen LogP contribution in [0.1, 0.15) is 4.88 Å². The molecule has 1 N–H and O–H groups in total. The van der Waals surface area contributed by atoms with Gasteiger partial charge >= 0.3 is 5.69 Å². The van der Waals surface area contributed by atoms with E-state index in [1.807, 2.05) is 12.1 Å². The summed E-state index contributed by atoms with van der Waals surface area (Å²) in [7, 11) is 0. The molecular formula is C15H15N5O5S. The summed E-state index contributed by atoms with van der Waals surface area (Å²) in [6.07, 6.45) is 1.56. The van der Waals surface area contributed by atoms with Crippen LogP contribution in [0.5, 0.6) is 0 Å².